The quantitative estimate of drug-likeness (QED) is 0.324. The Labute approximate surface area is 197 Å². The standard InChI is InChI=1S/C20H50O6Si5/c1-27(2,3)22-16-17(23-28(4,5)6)19(25-30(10,11)12)21-20(26-31(13,14)15)18(16)24-29(7,8)9/h16-20H,1-15H3/t16?,17-,18+,19-,20+. The Hall–Kier alpha value is 0.844. The lowest BCUT2D eigenvalue weighted by atomic mass is 10.0. The molecule has 5 atom stereocenters. The molecule has 1 saturated heterocycles. The van der Waals surface area contributed by atoms with E-state index in [0.29, 0.717) is 0 Å². The molecule has 1 heterocycles. The van der Waals surface area contributed by atoms with Crippen LogP contribution >= 0.6 is 0 Å². The summed E-state index contributed by atoms with van der Waals surface area (Å²) in [6.07, 6.45) is -2.02. The second-order valence-corrected chi connectivity index (χ2v) is 35.7. The molecule has 1 fully saturated rings. The minimum absolute atomic E-state index is 0.290. The van der Waals surface area contributed by atoms with Crippen LogP contribution in [0.15, 0.2) is 0 Å². The monoisotopic (exact) mass is 526 g/mol. The zero-order valence-electron chi connectivity index (χ0n) is 22.8. The summed E-state index contributed by atoms with van der Waals surface area (Å²) in [5.41, 5.74) is 0. The van der Waals surface area contributed by atoms with Crippen molar-refractivity contribution in [2.75, 3.05) is 0 Å². The smallest absolute Gasteiger partial charge is 0.187 e. The van der Waals surface area contributed by atoms with E-state index in [9.17, 15) is 0 Å². The summed E-state index contributed by atoms with van der Waals surface area (Å²) in [4.78, 5) is 0. The third-order valence-corrected chi connectivity index (χ3v) is 8.68. The average Bonchev–Trinajstić information content (AvgIpc) is 2.39. The van der Waals surface area contributed by atoms with Gasteiger partial charge in [-0.1, -0.05) is 0 Å². The summed E-state index contributed by atoms with van der Waals surface area (Å²) in [6, 6.07) is 0. The average molecular weight is 527 g/mol. The molecule has 1 aliphatic heterocycles. The summed E-state index contributed by atoms with van der Waals surface area (Å²) >= 11 is 0. The van der Waals surface area contributed by atoms with Gasteiger partial charge in [0, 0.05) is 0 Å². The number of hydrogen-bond donors (Lipinski definition) is 0. The lowest BCUT2D eigenvalue weighted by molar-refractivity contribution is -0.308. The Morgan fingerprint density at radius 3 is 0.806 bits per heavy atom. The van der Waals surface area contributed by atoms with Crippen LogP contribution in [0.4, 0.5) is 0 Å². The predicted octanol–water partition coefficient (Wildman–Crippen LogP) is 6.03. The Morgan fingerprint density at radius 2 is 0.581 bits per heavy atom. The lowest BCUT2D eigenvalue weighted by Gasteiger charge is -2.52. The van der Waals surface area contributed by atoms with Crippen LogP contribution in [0.2, 0.25) is 98.2 Å². The van der Waals surface area contributed by atoms with E-state index in [-0.39, 0.29) is 18.3 Å². The van der Waals surface area contributed by atoms with Gasteiger partial charge < -0.3 is 26.9 Å². The Kier molecular flexibility index (Phi) is 9.85. The van der Waals surface area contributed by atoms with Crippen LogP contribution in [0.25, 0.3) is 0 Å². The highest BCUT2D eigenvalue weighted by molar-refractivity contribution is 6.71. The summed E-state index contributed by atoms with van der Waals surface area (Å²) in [5.74, 6) is 0. The Morgan fingerprint density at radius 1 is 0.355 bits per heavy atom. The summed E-state index contributed by atoms with van der Waals surface area (Å²) in [6.45, 7) is 32.9. The van der Waals surface area contributed by atoms with Crippen LogP contribution < -0.4 is 0 Å². The van der Waals surface area contributed by atoms with Gasteiger partial charge in [0.2, 0.25) is 0 Å². The van der Waals surface area contributed by atoms with Gasteiger partial charge in [0.05, 0.1) is 0 Å². The molecule has 0 bridgehead atoms. The van der Waals surface area contributed by atoms with Crippen molar-refractivity contribution in [1.29, 1.82) is 0 Å². The first kappa shape index (κ1) is 29.9. The molecule has 0 N–H and O–H groups in total. The minimum atomic E-state index is -1.93. The van der Waals surface area contributed by atoms with Crippen molar-refractivity contribution in [2.24, 2.45) is 0 Å². The maximum Gasteiger partial charge on any atom is 0.187 e. The molecule has 6 nitrogen and oxygen atoms in total. The zero-order chi connectivity index (χ0) is 24.6. The third kappa shape index (κ3) is 12.2. The molecular formula is C20H50O6Si5. The molecule has 0 aromatic rings. The van der Waals surface area contributed by atoms with Crippen LogP contribution in [0.1, 0.15) is 0 Å². The first-order valence-corrected chi connectivity index (χ1v) is 28.5. The first-order chi connectivity index (χ1) is 13.5. The summed E-state index contributed by atoms with van der Waals surface area (Å²) < 4.78 is 39.9. The highest BCUT2D eigenvalue weighted by atomic mass is 28.4. The summed E-state index contributed by atoms with van der Waals surface area (Å²) in [7, 11) is -9.61. The highest BCUT2D eigenvalue weighted by Gasteiger charge is 2.53. The van der Waals surface area contributed by atoms with Crippen molar-refractivity contribution in [3.05, 3.63) is 0 Å². The maximum absolute atomic E-state index is 6.81. The molecule has 1 unspecified atom stereocenters. The topological polar surface area (TPSA) is 55.4 Å². The predicted molar refractivity (Wildman–Crippen MR) is 142 cm³/mol. The van der Waals surface area contributed by atoms with Crippen molar-refractivity contribution >= 4 is 41.6 Å². The molecule has 0 aliphatic carbocycles. The molecule has 0 saturated carbocycles. The van der Waals surface area contributed by atoms with Gasteiger partial charge in [0.1, 0.15) is 18.3 Å². The number of rotatable bonds is 10. The molecule has 31 heavy (non-hydrogen) atoms. The van der Waals surface area contributed by atoms with Crippen molar-refractivity contribution in [1.82, 2.24) is 0 Å². The van der Waals surface area contributed by atoms with Gasteiger partial charge in [-0.3, -0.25) is 0 Å². The van der Waals surface area contributed by atoms with Gasteiger partial charge in [0.15, 0.2) is 54.2 Å². The van der Waals surface area contributed by atoms with Crippen molar-refractivity contribution in [3.63, 3.8) is 0 Å². The fourth-order valence-corrected chi connectivity index (χ4v) is 8.26. The Balaban J connectivity index is 3.54. The van der Waals surface area contributed by atoms with Crippen LogP contribution in [0, 0.1) is 0 Å². The van der Waals surface area contributed by atoms with Crippen LogP contribution in [0.5, 0.6) is 0 Å². The fraction of sp³-hybridized carbons (Fsp3) is 1.00. The van der Waals surface area contributed by atoms with Gasteiger partial charge in [-0.15, -0.1) is 0 Å². The zero-order valence-corrected chi connectivity index (χ0v) is 27.8. The van der Waals surface area contributed by atoms with E-state index < -0.39 is 54.2 Å². The van der Waals surface area contributed by atoms with E-state index in [1.165, 1.54) is 0 Å². The van der Waals surface area contributed by atoms with E-state index in [2.05, 4.69) is 98.2 Å². The van der Waals surface area contributed by atoms with Gasteiger partial charge in [0.25, 0.3) is 0 Å². The molecule has 0 aromatic carbocycles. The van der Waals surface area contributed by atoms with Crippen LogP contribution in [-0.4, -0.2) is 72.5 Å². The van der Waals surface area contributed by atoms with Gasteiger partial charge in [-0.05, 0) is 98.2 Å². The molecule has 1 aliphatic rings. The Bertz CT molecular complexity index is 529. The van der Waals surface area contributed by atoms with Crippen molar-refractivity contribution < 1.29 is 26.9 Å². The third-order valence-electron chi connectivity index (χ3n) is 3.86. The molecule has 0 amide bonds. The van der Waals surface area contributed by atoms with E-state index in [4.69, 9.17) is 26.9 Å². The molecule has 0 radical (unpaired) electrons. The van der Waals surface area contributed by atoms with E-state index in [0.717, 1.165) is 0 Å². The van der Waals surface area contributed by atoms with Crippen molar-refractivity contribution in [2.45, 2.75) is 129 Å². The number of ether oxygens (including phenoxy) is 1. The van der Waals surface area contributed by atoms with Crippen molar-refractivity contribution in [3.8, 4) is 0 Å². The first-order valence-electron chi connectivity index (χ1n) is 11.5. The molecule has 0 spiro atoms. The highest BCUT2D eigenvalue weighted by Crippen LogP contribution is 2.36. The SMILES string of the molecule is C[Si](C)(C)OC1[C@@H](O[Si](C)(C)C)[C@@H](O[Si](C)(C)C)O[C@@H](O[Si](C)(C)C)[C@H]1O[Si](C)(C)C. The second kappa shape index (κ2) is 10.2. The van der Waals surface area contributed by atoms with Gasteiger partial charge >= 0.3 is 0 Å². The molecule has 186 valence electrons. The summed E-state index contributed by atoms with van der Waals surface area (Å²) in [5, 5.41) is 0. The number of hydrogen-bond acceptors (Lipinski definition) is 6. The van der Waals surface area contributed by atoms with Crippen LogP contribution in [0.3, 0.4) is 0 Å². The lowest BCUT2D eigenvalue weighted by Crippen LogP contribution is -2.67. The van der Waals surface area contributed by atoms with Gasteiger partial charge in [-0.25, -0.2) is 0 Å². The normalized spacial score (nSPS) is 29.3. The minimum Gasteiger partial charge on any atom is -0.409 e. The molecule has 0 aromatic heterocycles. The van der Waals surface area contributed by atoms with Crippen LogP contribution in [-0.2, 0) is 26.9 Å². The van der Waals surface area contributed by atoms with Gasteiger partial charge in [-0.2, -0.15) is 0 Å². The van der Waals surface area contributed by atoms with E-state index in [1.807, 2.05) is 0 Å². The molecule has 11 heteroatoms. The van der Waals surface area contributed by atoms with E-state index in [1.54, 1.807) is 0 Å². The molecular weight excluding hydrogens is 477 g/mol. The molecule has 1 rings (SSSR count). The maximum atomic E-state index is 6.81. The largest absolute Gasteiger partial charge is 0.409 e. The second-order valence-electron chi connectivity index (χ2n) is 13.4. The van der Waals surface area contributed by atoms with E-state index >= 15 is 0 Å². The fourth-order valence-electron chi connectivity index (χ4n) is 3.27.